The van der Waals surface area contributed by atoms with Crippen molar-refractivity contribution in [3.8, 4) is 0 Å². The summed E-state index contributed by atoms with van der Waals surface area (Å²) in [7, 11) is -3.29. The van der Waals surface area contributed by atoms with Crippen LogP contribution in [0.4, 0.5) is 11.4 Å². The molecule has 0 atom stereocenters. The third kappa shape index (κ3) is 4.85. The summed E-state index contributed by atoms with van der Waals surface area (Å²) in [4.78, 5) is 12.1. The number of halogens is 1. The first kappa shape index (κ1) is 16.5. The van der Waals surface area contributed by atoms with Crippen LogP contribution < -0.4 is 10.6 Å². The molecule has 0 saturated carbocycles. The highest BCUT2D eigenvalue weighted by molar-refractivity contribution is 9.10. The van der Waals surface area contributed by atoms with Crippen LogP contribution in [-0.2, 0) is 14.6 Å². The molecule has 0 heterocycles. The van der Waals surface area contributed by atoms with E-state index < -0.39 is 9.84 Å². The van der Waals surface area contributed by atoms with E-state index in [1.165, 1.54) is 12.1 Å². The van der Waals surface area contributed by atoms with Gasteiger partial charge in [-0.15, -0.1) is 0 Å². The zero-order valence-corrected chi connectivity index (χ0v) is 14.2. The van der Waals surface area contributed by atoms with Crippen LogP contribution >= 0.6 is 15.9 Å². The first-order valence-corrected chi connectivity index (χ1v) is 9.12. The Hall–Kier alpha value is -1.86. The van der Waals surface area contributed by atoms with Crippen molar-refractivity contribution in [2.75, 3.05) is 23.4 Å². The normalized spacial score (nSPS) is 11.0. The van der Waals surface area contributed by atoms with Crippen LogP contribution in [0.1, 0.15) is 0 Å². The van der Waals surface area contributed by atoms with Crippen molar-refractivity contribution < 1.29 is 13.2 Å². The summed E-state index contributed by atoms with van der Waals surface area (Å²) in [5.74, 6) is -0.256. The molecule has 0 fully saturated rings. The molecule has 0 bridgehead atoms. The quantitative estimate of drug-likeness (QED) is 0.833. The Morgan fingerprint density at radius 1 is 1.09 bits per heavy atom. The Morgan fingerprint density at radius 3 is 2.41 bits per heavy atom. The second kappa shape index (κ2) is 6.93. The average molecular weight is 383 g/mol. The summed E-state index contributed by atoms with van der Waals surface area (Å²) in [6.45, 7) is 0.0880. The number of nitrogens with one attached hydrogen (secondary N) is 2. The van der Waals surface area contributed by atoms with E-state index in [4.69, 9.17) is 0 Å². The molecule has 2 aromatic rings. The summed E-state index contributed by atoms with van der Waals surface area (Å²) >= 11 is 3.34. The number of anilines is 2. The molecule has 0 aliphatic carbocycles. The van der Waals surface area contributed by atoms with Crippen molar-refractivity contribution in [2.45, 2.75) is 4.90 Å². The molecule has 7 heteroatoms. The summed E-state index contributed by atoms with van der Waals surface area (Å²) in [5, 5.41) is 5.65. The van der Waals surface area contributed by atoms with E-state index in [9.17, 15) is 13.2 Å². The molecule has 0 aliphatic heterocycles. The van der Waals surface area contributed by atoms with Crippen molar-refractivity contribution in [1.82, 2.24) is 0 Å². The molecule has 1 amide bonds. The smallest absolute Gasteiger partial charge is 0.243 e. The fraction of sp³-hybridized carbons (Fsp3) is 0.133. The van der Waals surface area contributed by atoms with Gasteiger partial charge in [-0.2, -0.15) is 0 Å². The standard InChI is InChI=1S/C15H15BrN2O3S/c1-22(20,21)14-4-2-3-13(9-14)18-15(19)10-17-12-7-5-11(16)6-8-12/h2-9,17H,10H2,1H3,(H,18,19). The molecule has 0 aliphatic rings. The van der Waals surface area contributed by atoms with Gasteiger partial charge < -0.3 is 10.6 Å². The van der Waals surface area contributed by atoms with Gasteiger partial charge in [-0.1, -0.05) is 22.0 Å². The largest absolute Gasteiger partial charge is 0.376 e. The van der Waals surface area contributed by atoms with Gasteiger partial charge in [-0.3, -0.25) is 4.79 Å². The Bertz CT molecular complexity index is 774. The van der Waals surface area contributed by atoms with Crippen LogP contribution in [0.3, 0.4) is 0 Å². The van der Waals surface area contributed by atoms with E-state index in [2.05, 4.69) is 26.6 Å². The third-order valence-electron chi connectivity index (χ3n) is 2.84. The van der Waals surface area contributed by atoms with Gasteiger partial charge in [-0.25, -0.2) is 8.42 Å². The van der Waals surface area contributed by atoms with Gasteiger partial charge in [0.25, 0.3) is 0 Å². The lowest BCUT2D eigenvalue weighted by Crippen LogP contribution is -2.21. The maximum atomic E-state index is 11.9. The van der Waals surface area contributed by atoms with Crippen molar-refractivity contribution in [1.29, 1.82) is 0 Å². The molecule has 5 nitrogen and oxygen atoms in total. The highest BCUT2D eigenvalue weighted by atomic mass is 79.9. The molecule has 2 N–H and O–H groups in total. The maximum absolute atomic E-state index is 11.9. The van der Waals surface area contributed by atoms with Gasteiger partial charge in [-0.05, 0) is 42.5 Å². The zero-order chi connectivity index (χ0) is 16.2. The Labute approximate surface area is 137 Å². The lowest BCUT2D eigenvalue weighted by atomic mass is 10.3. The minimum atomic E-state index is -3.29. The number of rotatable bonds is 5. The monoisotopic (exact) mass is 382 g/mol. The van der Waals surface area contributed by atoms with Crippen LogP contribution in [0.15, 0.2) is 57.9 Å². The number of benzene rings is 2. The van der Waals surface area contributed by atoms with E-state index in [0.717, 1.165) is 16.4 Å². The van der Waals surface area contributed by atoms with E-state index in [1.807, 2.05) is 24.3 Å². The molecular formula is C15H15BrN2O3S. The lowest BCUT2D eigenvalue weighted by molar-refractivity contribution is -0.114. The number of carbonyl (C=O) groups is 1. The minimum absolute atomic E-state index is 0.0880. The SMILES string of the molecule is CS(=O)(=O)c1cccc(NC(=O)CNc2ccc(Br)cc2)c1. The fourth-order valence-corrected chi connectivity index (χ4v) is 2.69. The zero-order valence-electron chi connectivity index (χ0n) is 11.8. The highest BCUT2D eigenvalue weighted by Crippen LogP contribution is 2.16. The van der Waals surface area contributed by atoms with Crippen LogP contribution in [0, 0.1) is 0 Å². The summed E-state index contributed by atoms with van der Waals surface area (Å²) in [5.41, 5.74) is 1.27. The van der Waals surface area contributed by atoms with E-state index >= 15 is 0 Å². The lowest BCUT2D eigenvalue weighted by Gasteiger charge is -2.09. The van der Waals surface area contributed by atoms with Gasteiger partial charge in [0, 0.05) is 22.1 Å². The topological polar surface area (TPSA) is 75.3 Å². The summed E-state index contributed by atoms with van der Waals surface area (Å²) < 4.78 is 23.9. The van der Waals surface area contributed by atoms with Crippen molar-refractivity contribution in [2.24, 2.45) is 0 Å². The summed E-state index contributed by atoms with van der Waals surface area (Å²) in [6.07, 6.45) is 1.13. The number of carbonyl (C=O) groups excluding carboxylic acids is 1. The molecule has 2 aromatic carbocycles. The third-order valence-corrected chi connectivity index (χ3v) is 4.48. The molecule has 0 saturated heterocycles. The first-order chi connectivity index (χ1) is 10.3. The van der Waals surface area contributed by atoms with Crippen LogP contribution in [0.5, 0.6) is 0 Å². The van der Waals surface area contributed by atoms with Crippen LogP contribution in [-0.4, -0.2) is 27.1 Å². The number of amides is 1. The number of sulfone groups is 1. The Morgan fingerprint density at radius 2 is 1.77 bits per heavy atom. The predicted molar refractivity (Wildman–Crippen MR) is 90.8 cm³/mol. The predicted octanol–water partition coefficient (Wildman–Crippen LogP) is 2.90. The van der Waals surface area contributed by atoms with E-state index in [0.29, 0.717) is 5.69 Å². The van der Waals surface area contributed by atoms with Gasteiger partial charge in [0.1, 0.15) is 0 Å². The van der Waals surface area contributed by atoms with Gasteiger partial charge >= 0.3 is 0 Å². The molecule has 116 valence electrons. The van der Waals surface area contributed by atoms with E-state index in [1.54, 1.807) is 12.1 Å². The Balaban J connectivity index is 1.96. The second-order valence-electron chi connectivity index (χ2n) is 4.71. The molecule has 22 heavy (non-hydrogen) atoms. The van der Waals surface area contributed by atoms with Gasteiger partial charge in [0.15, 0.2) is 9.84 Å². The maximum Gasteiger partial charge on any atom is 0.243 e. The van der Waals surface area contributed by atoms with Crippen LogP contribution in [0.2, 0.25) is 0 Å². The summed E-state index contributed by atoms with van der Waals surface area (Å²) in [6, 6.07) is 13.6. The minimum Gasteiger partial charge on any atom is -0.376 e. The number of hydrogen-bond acceptors (Lipinski definition) is 4. The molecule has 0 unspecified atom stereocenters. The van der Waals surface area contributed by atoms with Gasteiger partial charge in [0.05, 0.1) is 11.4 Å². The Kier molecular flexibility index (Phi) is 5.20. The fourth-order valence-electron chi connectivity index (χ4n) is 1.76. The molecule has 0 aromatic heterocycles. The number of hydrogen-bond donors (Lipinski definition) is 2. The molecular weight excluding hydrogens is 368 g/mol. The average Bonchev–Trinajstić information content (AvgIpc) is 2.46. The molecule has 0 radical (unpaired) electrons. The van der Waals surface area contributed by atoms with Gasteiger partial charge in [0.2, 0.25) is 5.91 Å². The first-order valence-electron chi connectivity index (χ1n) is 6.44. The van der Waals surface area contributed by atoms with Crippen molar-refractivity contribution in [3.05, 3.63) is 53.0 Å². The second-order valence-corrected chi connectivity index (χ2v) is 7.64. The van der Waals surface area contributed by atoms with Crippen LogP contribution in [0.25, 0.3) is 0 Å². The highest BCUT2D eigenvalue weighted by Gasteiger charge is 2.09. The molecule has 2 rings (SSSR count). The van der Waals surface area contributed by atoms with E-state index in [-0.39, 0.29) is 17.3 Å². The van der Waals surface area contributed by atoms with Crippen molar-refractivity contribution >= 4 is 43.0 Å². The van der Waals surface area contributed by atoms with Crippen molar-refractivity contribution in [3.63, 3.8) is 0 Å². The molecule has 0 spiro atoms.